The van der Waals surface area contributed by atoms with Gasteiger partial charge in [0.25, 0.3) is 0 Å². The van der Waals surface area contributed by atoms with Crippen LogP contribution in [0.4, 0.5) is 20.3 Å². The van der Waals surface area contributed by atoms with Crippen LogP contribution >= 0.6 is 23.4 Å². The molecule has 0 fully saturated rings. The van der Waals surface area contributed by atoms with Gasteiger partial charge < -0.3 is 10.1 Å². The molecule has 2 aromatic heterocycles. The van der Waals surface area contributed by atoms with Crippen molar-refractivity contribution >= 4 is 34.9 Å². The first-order valence-corrected chi connectivity index (χ1v) is 10.7. The summed E-state index contributed by atoms with van der Waals surface area (Å²) in [5.74, 6) is 0.553. The molecule has 0 spiro atoms. The molecule has 164 valence electrons. The lowest BCUT2D eigenvalue weighted by molar-refractivity contribution is -0.0498. The number of benzene rings is 2. The molecule has 0 atom stereocenters. The number of halogens is 3. The second-order valence-electron chi connectivity index (χ2n) is 6.45. The third kappa shape index (κ3) is 5.27. The Balaban J connectivity index is 1.60. The van der Waals surface area contributed by atoms with Crippen LogP contribution in [0.5, 0.6) is 5.75 Å². The van der Waals surface area contributed by atoms with Crippen molar-refractivity contribution in [3.63, 3.8) is 0 Å². The fraction of sp³-hybridized carbons (Fsp3) is 0.0952. The standard InChI is InChI=1S/C21H16ClF2N5O2S/c22-15-5-3-14(4-6-15)13-32-21-27-26-18(19(30)29(21)28-11-1-2-12-28)25-16-7-9-17(10-8-16)31-20(23)24/h1-12,20H,13H2,(H,25,26). The number of alkyl halides is 2. The highest BCUT2D eigenvalue weighted by molar-refractivity contribution is 7.98. The van der Waals surface area contributed by atoms with Crippen LogP contribution in [0.3, 0.4) is 0 Å². The first kappa shape index (κ1) is 21.8. The zero-order valence-corrected chi connectivity index (χ0v) is 17.9. The van der Waals surface area contributed by atoms with E-state index in [4.69, 9.17) is 11.6 Å². The maximum Gasteiger partial charge on any atom is 0.387 e. The highest BCUT2D eigenvalue weighted by Gasteiger charge is 2.15. The van der Waals surface area contributed by atoms with E-state index in [-0.39, 0.29) is 11.6 Å². The zero-order chi connectivity index (χ0) is 22.5. The lowest BCUT2D eigenvalue weighted by Gasteiger charge is -2.14. The van der Waals surface area contributed by atoms with Gasteiger partial charge in [0.15, 0.2) is 0 Å². The summed E-state index contributed by atoms with van der Waals surface area (Å²) in [5, 5.41) is 12.2. The minimum absolute atomic E-state index is 0.00957. The van der Waals surface area contributed by atoms with Crippen LogP contribution in [-0.4, -0.2) is 26.2 Å². The first-order chi connectivity index (χ1) is 15.5. The normalized spacial score (nSPS) is 11.0. The molecule has 2 heterocycles. The van der Waals surface area contributed by atoms with Gasteiger partial charge in [-0.2, -0.15) is 13.5 Å². The van der Waals surface area contributed by atoms with E-state index < -0.39 is 12.2 Å². The maximum atomic E-state index is 13.2. The quantitative estimate of drug-likeness (QED) is 0.360. The van der Waals surface area contributed by atoms with Gasteiger partial charge >= 0.3 is 12.2 Å². The van der Waals surface area contributed by atoms with Gasteiger partial charge in [-0.3, -0.25) is 9.47 Å². The number of rotatable bonds is 8. The number of nitrogens with zero attached hydrogens (tertiary/aromatic N) is 4. The molecule has 4 aromatic rings. The van der Waals surface area contributed by atoms with E-state index in [1.165, 1.54) is 40.7 Å². The minimum Gasteiger partial charge on any atom is -0.435 e. The topological polar surface area (TPSA) is 74.0 Å². The molecule has 0 saturated carbocycles. The molecule has 0 saturated heterocycles. The Morgan fingerprint density at radius 2 is 1.72 bits per heavy atom. The molecule has 0 aliphatic carbocycles. The number of thioether (sulfide) groups is 1. The number of aromatic nitrogens is 4. The molecule has 0 radical (unpaired) electrons. The fourth-order valence-electron chi connectivity index (χ4n) is 2.78. The van der Waals surface area contributed by atoms with Gasteiger partial charge in [-0.05, 0) is 54.1 Å². The number of hydrogen-bond donors (Lipinski definition) is 1. The van der Waals surface area contributed by atoms with Crippen molar-refractivity contribution in [1.29, 1.82) is 0 Å². The van der Waals surface area contributed by atoms with E-state index in [1.807, 2.05) is 12.1 Å². The second kappa shape index (κ2) is 9.84. The van der Waals surface area contributed by atoms with Crippen LogP contribution in [-0.2, 0) is 5.75 Å². The number of hydrogen-bond acceptors (Lipinski definition) is 6. The van der Waals surface area contributed by atoms with Gasteiger partial charge in [0.05, 0.1) is 0 Å². The van der Waals surface area contributed by atoms with E-state index in [0.717, 1.165) is 5.56 Å². The van der Waals surface area contributed by atoms with Gasteiger partial charge in [0, 0.05) is 28.9 Å². The summed E-state index contributed by atoms with van der Waals surface area (Å²) < 4.78 is 32.0. The van der Waals surface area contributed by atoms with Crippen molar-refractivity contribution in [3.05, 3.63) is 94.0 Å². The summed E-state index contributed by atoms with van der Waals surface area (Å²) in [5.41, 5.74) is 1.06. The molecule has 0 unspecified atom stereocenters. The van der Waals surface area contributed by atoms with E-state index in [2.05, 4.69) is 20.3 Å². The second-order valence-corrected chi connectivity index (χ2v) is 7.83. The molecule has 11 heteroatoms. The highest BCUT2D eigenvalue weighted by atomic mass is 35.5. The van der Waals surface area contributed by atoms with Crippen molar-refractivity contribution < 1.29 is 13.5 Å². The average Bonchev–Trinajstić information content (AvgIpc) is 3.30. The molecule has 32 heavy (non-hydrogen) atoms. The van der Waals surface area contributed by atoms with Crippen molar-refractivity contribution in [2.45, 2.75) is 17.5 Å². The number of ether oxygens (including phenoxy) is 1. The Morgan fingerprint density at radius 1 is 1.03 bits per heavy atom. The number of nitrogens with one attached hydrogen (secondary N) is 1. The molecule has 0 amide bonds. The summed E-state index contributed by atoms with van der Waals surface area (Å²) in [4.78, 5) is 13.2. The molecular weight excluding hydrogens is 460 g/mol. The van der Waals surface area contributed by atoms with Crippen molar-refractivity contribution in [2.24, 2.45) is 0 Å². The van der Waals surface area contributed by atoms with Crippen molar-refractivity contribution in [3.8, 4) is 5.75 Å². The van der Waals surface area contributed by atoms with Gasteiger partial charge in [0.2, 0.25) is 11.0 Å². The third-order valence-corrected chi connectivity index (χ3v) is 5.50. The molecule has 7 nitrogen and oxygen atoms in total. The third-order valence-electron chi connectivity index (χ3n) is 4.25. The average molecular weight is 476 g/mol. The Kier molecular flexibility index (Phi) is 6.72. The molecule has 2 aromatic carbocycles. The van der Waals surface area contributed by atoms with Crippen LogP contribution in [0.25, 0.3) is 0 Å². The van der Waals surface area contributed by atoms with E-state index in [1.54, 1.807) is 41.3 Å². The van der Waals surface area contributed by atoms with Gasteiger partial charge in [-0.15, -0.1) is 10.2 Å². The summed E-state index contributed by atoms with van der Waals surface area (Å²) in [6, 6.07) is 16.7. The highest BCUT2D eigenvalue weighted by Crippen LogP contribution is 2.23. The van der Waals surface area contributed by atoms with Gasteiger partial charge in [0.1, 0.15) is 5.75 Å². The van der Waals surface area contributed by atoms with Crippen LogP contribution in [0.2, 0.25) is 5.02 Å². The Hall–Kier alpha value is -3.37. The first-order valence-electron chi connectivity index (χ1n) is 9.32. The molecule has 0 aliphatic heterocycles. The Morgan fingerprint density at radius 3 is 2.38 bits per heavy atom. The van der Waals surface area contributed by atoms with E-state index in [9.17, 15) is 13.6 Å². The Labute approximate surface area is 190 Å². The predicted molar refractivity (Wildman–Crippen MR) is 119 cm³/mol. The summed E-state index contributed by atoms with van der Waals surface area (Å²) in [6.07, 6.45) is 3.44. The largest absolute Gasteiger partial charge is 0.435 e. The van der Waals surface area contributed by atoms with Crippen molar-refractivity contribution in [2.75, 3.05) is 5.32 Å². The van der Waals surface area contributed by atoms with Crippen LogP contribution in [0.1, 0.15) is 5.56 Å². The SMILES string of the molecule is O=c1c(Nc2ccc(OC(F)F)cc2)nnc(SCc2ccc(Cl)cc2)n1-n1cccc1. The maximum absolute atomic E-state index is 13.2. The Bertz CT molecular complexity index is 1230. The van der Waals surface area contributed by atoms with Crippen molar-refractivity contribution in [1.82, 2.24) is 19.5 Å². The summed E-state index contributed by atoms with van der Waals surface area (Å²) in [6.45, 7) is -2.91. The van der Waals surface area contributed by atoms with Crippen LogP contribution in [0.15, 0.2) is 83.0 Å². The molecule has 0 bridgehead atoms. The minimum atomic E-state index is -2.91. The van der Waals surface area contributed by atoms with Gasteiger partial charge in [-0.25, -0.2) is 0 Å². The lowest BCUT2D eigenvalue weighted by atomic mass is 10.2. The molecular formula is C21H16ClF2N5O2S. The van der Waals surface area contributed by atoms with Crippen LogP contribution < -0.4 is 15.6 Å². The summed E-state index contributed by atoms with van der Waals surface area (Å²) in [7, 11) is 0. The van der Waals surface area contributed by atoms with E-state index >= 15 is 0 Å². The molecule has 4 rings (SSSR count). The molecule has 1 N–H and O–H groups in total. The molecule has 0 aliphatic rings. The summed E-state index contributed by atoms with van der Waals surface area (Å²) >= 11 is 7.28. The fourth-order valence-corrected chi connectivity index (χ4v) is 3.79. The van der Waals surface area contributed by atoms with Gasteiger partial charge in [-0.1, -0.05) is 35.5 Å². The smallest absolute Gasteiger partial charge is 0.387 e. The monoisotopic (exact) mass is 475 g/mol. The number of anilines is 2. The van der Waals surface area contributed by atoms with Crippen LogP contribution in [0, 0.1) is 0 Å². The lowest BCUT2D eigenvalue weighted by Crippen LogP contribution is -2.30. The zero-order valence-electron chi connectivity index (χ0n) is 16.4. The predicted octanol–water partition coefficient (Wildman–Crippen LogP) is 5.04. The van der Waals surface area contributed by atoms with E-state index in [0.29, 0.717) is 21.6 Å².